The van der Waals surface area contributed by atoms with E-state index in [9.17, 15) is 8.42 Å². The summed E-state index contributed by atoms with van der Waals surface area (Å²) in [6.45, 7) is 1.83. The van der Waals surface area contributed by atoms with E-state index in [1.54, 1.807) is 0 Å². The Hall–Kier alpha value is -0.660. The van der Waals surface area contributed by atoms with Gasteiger partial charge in [-0.15, -0.1) is 0 Å². The molecule has 0 saturated heterocycles. The van der Waals surface area contributed by atoms with Crippen molar-refractivity contribution < 1.29 is 8.42 Å². The van der Waals surface area contributed by atoms with E-state index in [2.05, 4.69) is 9.44 Å². The fraction of sp³-hybridized carbons (Fsp3) is 0.833. The van der Waals surface area contributed by atoms with Crippen LogP contribution >= 0.6 is 0 Å². The van der Waals surface area contributed by atoms with Gasteiger partial charge in [0, 0.05) is 19.5 Å². The summed E-state index contributed by atoms with van der Waals surface area (Å²) >= 11 is 0. The zero-order valence-electron chi connectivity index (χ0n) is 7.79. The maximum absolute atomic E-state index is 11.0. The zero-order valence-corrected chi connectivity index (χ0v) is 8.61. The van der Waals surface area contributed by atoms with Gasteiger partial charge in [0.15, 0.2) is 0 Å². The van der Waals surface area contributed by atoms with Crippen molar-refractivity contribution in [2.75, 3.05) is 7.05 Å². The lowest BCUT2D eigenvalue weighted by molar-refractivity contribution is 0.538. The first-order valence-electron chi connectivity index (χ1n) is 3.95. The van der Waals surface area contributed by atoms with Crippen molar-refractivity contribution >= 4 is 16.0 Å². The molecule has 0 amide bonds. The Labute approximate surface area is 78.6 Å². The van der Waals surface area contributed by atoms with Crippen LogP contribution in [0.3, 0.4) is 0 Å². The number of nitrogens with one attached hydrogen (secondary N) is 3. The maximum Gasteiger partial charge on any atom is 0.276 e. The number of hydrogen-bond donors (Lipinski definition) is 4. The molecule has 0 aliphatic heterocycles. The third-order valence-electron chi connectivity index (χ3n) is 1.55. The Bertz CT molecular complexity index is 262. The number of amidine groups is 1. The highest BCUT2D eigenvalue weighted by atomic mass is 32.2. The molecule has 78 valence electrons. The molecular formula is C6H16N4O2S. The van der Waals surface area contributed by atoms with E-state index >= 15 is 0 Å². The second-order valence-corrected chi connectivity index (χ2v) is 4.31. The molecule has 1 atom stereocenters. The molecule has 0 aromatic rings. The largest absolute Gasteiger partial charge is 0.388 e. The van der Waals surface area contributed by atoms with E-state index in [4.69, 9.17) is 11.1 Å². The normalized spacial score (nSPS) is 14.0. The predicted octanol–water partition coefficient (Wildman–Crippen LogP) is -0.855. The van der Waals surface area contributed by atoms with Gasteiger partial charge >= 0.3 is 0 Å². The molecule has 0 spiro atoms. The summed E-state index contributed by atoms with van der Waals surface area (Å²) in [4.78, 5) is 0. The highest BCUT2D eigenvalue weighted by molar-refractivity contribution is 7.87. The lowest BCUT2D eigenvalue weighted by Crippen LogP contribution is -2.42. The van der Waals surface area contributed by atoms with Crippen molar-refractivity contribution in [3.05, 3.63) is 0 Å². The van der Waals surface area contributed by atoms with Crippen molar-refractivity contribution in [2.24, 2.45) is 5.73 Å². The summed E-state index contributed by atoms with van der Waals surface area (Å²) in [5.74, 6) is -0.0225. The van der Waals surface area contributed by atoms with Crippen molar-refractivity contribution in [3.63, 3.8) is 0 Å². The third kappa shape index (κ3) is 5.56. The van der Waals surface area contributed by atoms with Gasteiger partial charge in [0.2, 0.25) is 0 Å². The molecule has 0 radical (unpaired) electrons. The molecule has 0 aliphatic carbocycles. The van der Waals surface area contributed by atoms with E-state index in [1.807, 2.05) is 6.92 Å². The van der Waals surface area contributed by atoms with Gasteiger partial charge in [0.1, 0.15) is 0 Å². The molecule has 0 aromatic heterocycles. The Morgan fingerprint density at radius 3 is 2.46 bits per heavy atom. The van der Waals surface area contributed by atoms with Gasteiger partial charge in [-0.1, -0.05) is 6.92 Å². The quantitative estimate of drug-likeness (QED) is 0.337. The van der Waals surface area contributed by atoms with E-state index in [0.717, 1.165) is 0 Å². The lowest BCUT2D eigenvalue weighted by atomic mass is 10.1. The first-order valence-corrected chi connectivity index (χ1v) is 5.43. The van der Waals surface area contributed by atoms with Gasteiger partial charge in [-0.3, -0.25) is 5.41 Å². The smallest absolute Gasteiger partial charge is 0.276 e. The van der Waals surface area contributed by atoms with Crippen LogP contribution in [-0.2, 0) is 10.2 Å². The van der Waals surface area contributed by atoms with Crippen LogP contribution in [0, 0.1) is 5.41 Å². The second kappa shape index (κ2) is 5.15. The highest BCUT2D eigenvalue weighted by Gasteiger charge is 2.14. The summed E-state index contributed by atoms with van der Waals surface area (Å²) in [5.41, 5.74) is 5.16. The molecule has 0 heterocycles. The molecule has 0 fully saturated rings. The van der Waals surface area contributed by atoms with E-state index < -0.39 is 10.2 Å². The fourth-order valence-electron chi connectivity index (χ4n) is 0.813. The minimum Gasteiger partial charge on any atom is -0.388 e. The van der Waals surface area contributed by atoms with Crippen molar-refractivity contribution in [2.45, 2.75) is 25.8 Å². The molecule has 7 heteroatoms. The van der Waals surface area contributed by atoms with Crippen LogP contribution in [0.15, 0.2) is 0 Å². The van der Waals surface area contributed by atoms with Crippen LogP contribution in [0.5, 0.6) is 0 Å². The van der Waals surface area contributed by atoms with Crippen LogP contribution < -0.4 is 15.2 Å². The highest BCUT2D eigenvalue weighted by Crippen LogP contribution is 1.97. The van der Waals surface area contributed by atoms with Gasteiger partial charge < -0.3 is 5.73 Å². The van der Waals surface area contributed by atoms with Gasteiger partial charge in [-0.25, -0.2) is 4.72 Å². The van der Waals surface area contributed by atoms with Crippen LogP contribution in [0.25, 0.3) is 0 Å². The van der Waals surface area contributed by atoms with Crippen molar-refractivity contribution in [1.29, 1.82) is 5.41 Å². The zero-order chi connectivity index (χ0) is 10.5. The maximum atomic E-state index is 11.0. The minimum atomic E-state index is -3.43. The van der Waals surface area contributed by atoms with Crippen LogP contribution in [0.2, 0.25) is 0 Å². The first-order chi connectivity index (χ1) is 5.91. The van der Waals surface area contributed by atoms with Gasteiger partial charge in [0.25, 0.3) is 10.2 Å². The second-order valence-electron chi connectivity index (χ2n) is 2.66. The predicted molar refractivity (Wildman–Crippen MR) is 51.7 cm³/mol. The number of hydrogen-bond acceptors (Lipinski definition) is 3. The third-order valence-corrected chi connectivity index (χ3v) is 2.73. The molecular weight excluding hydrogens is 192 g/mol. The summed E-state index contributed by atoms with van der Waals surface area (Å²) in [6.07, 6.45) is 0.831. The average Bonchev–Trinajstić information content (AvgIpc) is 2.02. The first kappa shape index (κ1) is 12.3. The summed E-state index contributed by atoms with van der Waals surface area (Å²) in [7, 11) is -2.11. The van der Waals surface area contributed by atoms with Gasteiger partial charge in [-0.2, -0.15) is 13.1 Å². The van der Waals surface area contributed by atoms with E-state index in [-0.39, 0.29) is 18.3 Å². The topological polar surface area (TPSA) is 108 Å². The molecule has 0 aliphatic rings. The summed E-state index contributed by atoms with van der Waals surface area (Å²) < 4.78 is 26.5. The Kier molecular flexibility index (Phi) is 4.89. The van der Waals surface area contributed by atoms with Crippen molar-refractivity contribution in [1.82, 2.24) is 9.44 Å². The molecule has 0 saturated carbocycles. The summed E-state index contributed by atoms with van der Waals surface area (Å²) in [5, 5.41) is 7.02. The molecule has 0 rings (SSSR count). The van der Waals surface area contributed by atoms with Crippen LogP contribution in [-0.4, -0.2) is 27.3 Å². The average molecular weight is 208 g/mol. The van der Waals surface area contributed by atoms with Crippen LogP contribution in [0.1, 0.15) is 19.8 Å². The number of rotatable bonds is 6. The molecule has 5 N–H and O–H groups in total. The molecule has 6 nitrogen and oxygen atoms in total. The number of nitrogens with two attached hydrogens (primary N) is 1. The fourth-order valence-corrected chi connectivity index (χ4v) is 1.62. The summed E-state index contributed by atoms with van der Waals surface area (Å²) in [6, 6.07) is -0.310. The minimum absolute atomic E-state index is 0.0225. The Morgan fingerprint density at radius 2 is 2.15 bits per heavy atom. The molecule has 1 unspecified atom stereocenters. The Balaban J connectivity index is 4.21. The van der Waals surface area contributed by atoms with E-state index in [0.29, 0.717) is 6.42 Å². The molecule has 13 heavy (non-hydrogen) atoms. The molecule has 0 aromatic carbocycles. The van der Waals surface area contributed by atoms with Gasteiger partial charge in [-0.05, 0) is 6.42 Å². The standard InChI is InChI=1S/C6H16N4O2S/c1-3-5(4-6(7)8)10-13(11,12)9-2/h5,9-10H,3-4H2,1-2H3,(H3,7,8). The lowest BCUT2D eigenvalue weighted by Gasteiger charge is -2.15. The molecule has 0 bridgehead atoms. The SMILES string of the molecule is CCC(CC(=N)N)NS(=O)(=O)NC. The van der Waals surface area contributed by atoms with Gasteiger partial charge in [0.05, 0.1) is 5.84 Å². The van der Waals surface area contributed by atoms with Crippen molar-refractivity contribution in [3.8, 4) is 0 Å². The monoisotopic (exact) mass is 208 g/mol. The van der Waals surface area contributed by atoms with E-state index in [1.165, 1.54) is 7.05 Å². The van der Waals surface area contributed by atoms with Crippen LogP contribution in [0.4, 0.5) is 0 Å². The Morgan fingerprint density at radius 1 is 1.62 bits per heavy atom.